The zero-order valence-corrected chi connectivity index (χ0v) is 29.6. The molecule has 0 spiro atoms. The van der Waals surface area contributed by atoms with Crippen LogP contribution in [0.2, 0.25) is 0 Å². The van der Waals surface area contributed by atoms with Crippen molar-refractivity contribution in [2.75, 3.05) is 39.3 Å². The zero-order chi connectivity index (χ0) is 35.9. The Morgan fingerprint density at radius 3 is 1.37 bits per heavy atom. The first-order valence-corrected chi connectivity index (χ1v) is 18.5. The van der Waals surface area contributed by atoms with Gasteiger partial charge >= 0.3 is 11.9 Å². The van der Waals surface area contributed by atoms with Crippen molar-refractivity contribution in [1.29, 1.82) is 0 Å². The third kappa shape index (κ3) is 8.14. The zero-order valence-electron chi connectivity index (χ0n) is 29.6. The highest BCUT2D eigenvalue weighted by molar-refractivity contribution is 5.93. The number of rotatable bonds is 8. The van der Waals surface area contributed by atoms with Crippen LogP contribution in [0.4, 0.5) is 0 Å². The maximum atomic E-state index is 11.4. The Bertz CT molecular complexity index is 1840. The smallest absolute Gasteiger partial charge is 0.335 e. The number of carboxylic acids is 2. The lowest BCUT2D eigenvalue weighted by molar-refractivity contribution is 0.0686. The molecule has 268 valence electrons. The number of carboxylic acid groups (broad SMARTS) is 2. The number of aromatic carboxylic acids is 2. The van der Waals surface area contributed by atoms with Crippen LogP contribution in [0.25, 0.3) is 11.1 Å². The molecule has 0 bridgehead atoms. The molecule has 8 rings (SSSR count). The maximum absolute atomic E-state index is 11.4. The summed E-state index contributed by atoms with van der Waals surface area (Å²) in [5, 5.41) is 18.8. The van der Waals surface area contributed by atoms with Crippen LogP contribution in [0.15, 0.2) is 97.1 Å². The summed E-state index contributed by atoms with van der Waals surface area (Å²) in [4.78, 5) is 27.9. The summed E-state index contributed by atoms with van der Waals surface area (Å²) in [5.74, 6) is -0.333. The molecule has 4 aromatic rings. The van der Waals surface area contributed by atoms with Crippen molar-refractivity contribution in [2.45, 2.75) is 51.7 Å². The van der Waals surface area contributed by atoms with Gasteiger partial charge in [0, 0.05) is 24.2 Å². The number of carbonyl (C=O) groups is 2. The fourth-order valence-corrected chi connectivity index (χ4v) is 7.65. The van der Waals surface area contributed by atoms with E-state index in [1.165, 1.54) is 51.9 Å². The van der Waals surface area contributed by atoms with Crippen LogP contribution in [0.3, 0.4) is 0 Å². The average Bonchev–Trinajstić information content (AvgIpc) is 3.84. The molecular weight excluding hydrogens is 652 g/mol. The number of fused-ring (bicyclic) bond motifs is 4. The highest BCUT2D eigenvalue weighted by Gasteiger charge is 2.22. The van der Waals surface area contributed by atoms with Crippen LogP contribution >= 0.6 is 0 Å². The lowest BCUT2D eigenvalue weighted by Gasteiger charge is -2.15. The summed E-state index contributed by atoms with van der Waals surface area (Å²) in [6.07, 6.45) is 11.5. The molecule has 8 heteroatoms. The second-order valence-corrected chi connectivity index (χ2v) is 13.8. The van der Waals surface area contributed by atoms with Gasteiger partial charge in [-0.15, -0.1) is 0 Å². The maximum Gasteiger partial charge on any atom is 0.335 e. The van der Waals surface area contributed by atoms with E-state index in [2.05, 4.69) is 46.2 Å². The van der Waals surface area contributed by atoms with E-state index in [1.54, 1.807) is 36.4 Å². The van der Waals surface area contributed by atoms with E-state index >= 15 is 0 Å². The summed E-state index contributed by atoms with van der Waals surface area (Å²) >= 11 is 0. The van der Waals surface area contributed by atoms with Gasteiger partial charge in [-0.2, -0.15) is 0 Å². The highest BCUT2D eigenvalue weighted by atomic mass is 16.5. The molecule has 0 saturated carbocycles. The van der Waals surface area contributed by atoms with Crippen molar-refractivity contribution < 1.29 is 29.3 Å². The SMILES string of the molecule is O=C(O)c1ccc2c(c1)/C(=C/CCN1CCCC1)c1ccccc1CO2.O=C(O)c1ccc2c(c1)/C(=C\CCN1CCCC1)c1ccccc1CO2. The normalized spacial score (nSPS) is 18.1. The fraction of sp³-hybridized carbons (Fsp3) is 0.318. The minimum absolute atomic E-state index is 0.289. The molecule has 0 atom stereocenters. The predicted molar refractivity (Wildman–Crippen MR) is 203 cm³/mol. The van der Waals surface area contributed by atoms with Crippen molar-refractivity contribution in [3.63, 3.8) is 0 Å². The largest absolute Gasteiger partial charge is 0.488 e. The van der Waals surface area contributed by atoms with Gasteiger partial charge in [0.15, 0.2) is 0 Å². The van der Waals surface area contributed by atoms with Crippen LogP contribution in [0.1, 0.15) is 92.6 Å². The molecule has 8 nitrogen and oxygen atoms in total. The van der Waals surface area contributed by atoms with Gasteiger partial charge in [-0.25, -0.2) is 9.59 Å². The van der Waals surface area contributed by atoms with E-state index in [1.807, 2.05) is 24.3 Å². The molecule has 0 aromatic heterocycles. The van der Waals surface area contributed by atoms with E-state index in [0.29, 0.717) is 13.2 Å². The summed E-state index contributed by atoms with van der Waals surface area (Å²) < 4.78 is 12.0. The van der Waals surface area contributed by atoms with Crippen LogP contribution in [-0.4, -0.2) is 71.2 Å². The molecule has 0 radical (unpaired) electrons. The molecule has 2 N–H and O–H groups in total. The molecule has 0 amide bonds. The van der Waals surface area contributed by atoms with Gasteiger partial charge < -0.3 is 29.5 Å². The standard InChI is InChI=1S/2C22H23NO3/c2*24-22(25)16-9-10-21-20(14-16)19(8-5-13-23-11-3-4-12-23)18-7-2-1-6-17(18)15-26-21/h2*1-2,6-10,14H,3-5,11-13,15H2,(H,24,25)/b19-8+;19-8-. The number of ether oxygens (including phenoxy) is 2. The van der Waals surface area contributed by atoms with Crippen molar-refractivity contribution in [1.82, 2.24) is 9.80 Å². The first-order chi connectivity index (χ1) is 25.4. The van der Waals surface area contributed by atoms with Gasteiger partial charge in [-0.05, 0) is 135 Å². The number of nitrogens with zero attached hydrogens (tertiary/aromatic N) is 2. The third-order valence-corrected chi connectivity index (χ3v) is 10.4. The monoisotopic (exact) mass is 698 g/mol. The van der Waals surface area contributed by atoms with E-state index < -0.39 is 11.9 Å². The van der Waals surface area contributed by atoms with Crippen molar-refractivity contribution in [2.24, 2.45) is 0 Å². The molecule has 2 saturated heterocycles. The quantitative estimate of drug-likeness (QED) is 0.189. The van der Waals surface area contributed by atoms with E-state index in [9.17, 15) is 19.8 Å². The first-order valence-electron chi connectivity index (χ1n) is 18.5. The van der Waals surface area contributed by atoms with E-state index in [-0.39, 0.29) is 11.1 Å². The second kappa shape index (κ2) is 16.4. The Balaban J connectivity index is 0.000000162. The van der Waals surface area contributed by atoms with E-state index in [4.69, 9.17) is 9.47 Å². The first kappa shape index (κ1) is 35.2. The number of hydrogen-bond acceptors (Lipinski definition) is 6. The summed E-state index contributed by atoms with van der Waals surface area (Å²) in [6.45, 7) is 7.82. The lowest BCUT2D eigenvalue weighted by Crippen LogP contribution is -2.19. The Morgan fingerprint density at radius 2 is 0.962 bits per heavy atom. The molecule has 2 fully saturated rings. The highest BCUT2D eigenvalue weighted by Crippen LogP contribution is 2.39. The number of benzene rings is 4. The van der Waals surface area contributed by atoms with Crippen molar-refractivity contribution >= 4 is 23.1 Å². The van der Waals surface area contributed by atoms with E-state index in [0.717, 1.165) is 82.0 Å². The second-order valence-electron chi connectivity index (χ2n) is 13.8. The average molecular weight is 699 g/mol. The molecule has 0 unspecified atom stereocenters. The molecule has 4 aliphatic heterocycles. The van der Waals surface area contributed by atoms with Gasteiger partial charge in [-0.1, -0.05) is 60.7 Å². The van der Waals surface area contributed by atoms with Crippen LogP contribution in [0, 0.1) is 0 Å². The van der Waals surface area contributed by atoms with Gasteiger partial charge in [0.25, 0.3) is 0 Å². The Kier molecular flexibility index (Phi) is 11.1. The Hall–Kier alpha value is -5.18. The molecule has 4 heterocycles. The molecular formula is C44H46N2O6. The fourth-order valence-electron chi connectivity index (χ4n) is 7.65. The minimum atomic E-state index is -0.915. The summed E-state index contributed by atoms with van der Waals surface area (Å²) in [7, 11) is 0. The van der Waals surface area contributed by atoms with Crippen LogP contribution < -0.4 is 9.47 Å². The predicted octanol–water partition coefficient (Wildman–Crippen LogP) is 8.39. The lowest BCUT2D eigenvalue weighted by atomic mass is 9.92. The molecule has 0 aliphatic carbocycles. The van der Waals surface area contributed by atoms with Gasteiger partial charge in [0.2, 0.25) is 0 Å². The Labute approximate surface area is 305 Å². The number of hydrogen-bond donors (Lipinski definition) is 2. The van der Waals surface area contributed by atoms with Crippen molar-refractivity contribution in [3.05, 3.63) is 142 Å². The summed E-state index contributed by atoms with van der Waals surface area (Å²) in [5.41, 5.74) is 9.01. The molecule has 4 aromatic carbocycles. The summed E-state index contributed by atoms with van der Waals surface area (Å²) in [6, 6.07) is 26.7. The number of likely N-dealkylation sites (tertiary alicyclic amines) is 2. The minimum Gasteiger partial charge on any atom is -0.488 e. The van der Waals surface area contributed by atoms with Crippen LogP contribution in [0.5, 0.6) is 11.5 Å². The Morgan fingerprint density at radius 1 is 0.558 bits per heavy atom. The van der Waals surface area contributed by atoms with Gasteiger partial charge in [0.1, 0.15) is 24.7 Å². The van der Waals surface area contributed by atoms with Gasteiger partial charge in [-0.3, -0.25) is 0 Å². The van der Waals surface area contributed by atoms with Crippen molar-refractivity contribution in [3.8, 4) is 11.5 Å². The topological polar surface area (TPSA) is 99.5 Å². The van der Waals surface area contributed by atoms with Gasteiger partial charge in [0.05, 0.1) is 11.1 Å². The molecule has 4 aliphatic rings. The third-order valence-electron chi connectivity index (χ3n) is 10.4. The molecule has 52 heavy (non-hydrogen) atoms. The van der Waals surface area contributed by atoms with Crippen LogP contribution in [-0.2, 0) is 13.2 Å².